The van der Waals surface area contributed by atoms with Crippen molar-refractivity contribution in [1.29, 1.82) is 0 Å². The van der Waals surface area contributed by atoms with Crippen LogP contribution in [0.4, 0.5) is 0 Å². The summed E-state index contributed by atoms with van der Waals surface area (Å²) >= 11 is 6.17. The number of fused-ring (bicyclic) bond motifs is 1. The maximum atomic E-state index is 6.36. The van der Waals surface area contributed by atoms with Crippen LogP contribution in [0.2, 0.25) is 5.02 Å². The van der Waals surface area contributed by atoms with Crippen LogP contribution in [-0.4, -0.2) is 21.9 Å². The third kappa shape index (κ3) is 2.90. The van der Waals surface area contributed by atoms with Crippen molar-refractivity contribution in [2.45, 2.75) is 25.2 Å². The minimum atomic E-state index is -0.530. The first-order valence-corrected chi connectivity index (χ1v) is 8.49. The third-order valence-corrected chi connectivity index (χ3v) is 4.93. The highest BCUT2D eigenvalue weighted by atomic mass is 35.5. The van der Waals surface area contributed by atoms with E-state index in [1.165, 1.54) is 0 Å². The molecule has 2 heterocycles. The molecule has 1 aromatic heterocycles. The summed E-state index contributed by atoms with van der Waals surface area (Å²) in [5, 5.41) is 4.93. The maximum Gasteiger partial charge on any atom is 0.137 e. The van der Waals surface area contributed by atoms with Crippen molar-refractivity contribution in [3.8, 4) is 5.75 Å². The van der Waals surface area contributed by atoms with Gasteiger partial charge in [-0.2, -0.15) is 5.10 Å². The molecular formula is C19H18ClN3O2. The molecule has 0 fully saturated rings. The number of methoxy groups -OCH3 is 1. The third-order valence-electron chi connectivity index (χ3n) is 4.69. The van der Waals surface area contributed by atoms with E-state index in [2.05, 4.69) is 28.3 Å². The van der Waals surface area contributed by atoms with Crippen LogP contribution in [0.3, 0.4) is 0 Å². The summed E-state index contributed by atoms with van der Waals surface area (Å²) < 4.78 is 13.5. The molecule has 0 amide bonds. The quantitative estimate of drug-likeness (QED) is 0.698. The lowest BCUT2D eigenvalue weighted by atomic mass is 9.83. The zero-order valence-electron chi connectivity index (χ0n) is 13.9. The molecular weight excluding hydrogens is 338 g/mol. The van der Waals surface area contributed by atoms with Gasteiger partial charge in [-0.1, -0.05) is 29.8 Å². The first-order valence-electron chi connectivity index (χ1n) is 8.11. The molecule has 0 N–H and O–H groups in total. The molecule has 3 aromatic rings. The number of halogens is 1. The first-order chi connectivity index (χ1) is 12.2. The van der Waals surface area contributed by atoms with Gasteiger partial charge in [0.25, 0.3) is 0 Å². The first kappa shape index (κ1) is 16.1. The van der Waals surface area contributed by atoms with Crippen LogP contribution in [0.15, 0.2) is 55.1 Å². The van der Waals surface area contributed by atoms with Crippen LogP contribution in [0.1, 0.15) is 23.1 Å². The lowest BCUT2D eigenvalue weighted by Crippen LogP contribution is -2.29. The topological polar surface area (TPSA) is 49.2 Å². The van der Waals surface area contributed by atoms with E-state index in [-0.39, 0.29) is 0 Å². The van der Waals surface area contributed by atoms with Crippen molar-refractivity contribution in [2.24, 2.45) is 0 Å². The van der Waals surface area contributed by atoms with E-state index in [4.69, 9.17) is 21.1 Å². The number of aromatic nitrogens is 3. The van der Waals surface area contributed by atoms with Gasteiger partial charge in [-0.25, -0.2) is 4.98 Å². The Bertz CT molecular complexity index is 865. The molecule has 5 nitrogen and oxygen atoms in total. The Labute approximate surface area is 151 Å². The van der Waals surface area contributed by atoms with Gasteiger partial charge in [-0.3, -0.25) is 4.68 Å². The van der Waals surface area contributed by atoms with Gasteiger partial charge in [-0.05, 0) is 41.0 Å². The number of ether oxygens (including phenoxy) is 2. The number of aryl methyl sites for hydroxylation is 1. The average Bonchev–Trinajstić information content (AvgIpc) is 3.28. The summed E-state index contributed by atoms with van der Waals surface area (Å²) in [5.41, 5.74) is 2.84. The van der Waals surface area contributed by atoms with E-state index >= 15 is 0 Å². The number of hydrogen-bond donors (Lipinski definition) is 0. The summed E-state index contributed by atoms with van der Waals surface area (Å²) in [6.07, 6.45) is 4.01. The molecule has 128 valence electrons. The highest BCUT2D eigenvalue weighted by molar-refractivity contribution is 6.30. The normalized spacial score (nSPS) is 19.0. The van der Waals surface area contributed by atoms with Gasteiger partial charge in [-0.15, -0.1) is 0 Å². The van der Waals surface area contributed by atoms with Crippen molar-refractivity contribution in [3.05, 3.63) is 76.8 Å². The number of nitrogens with zero attached hydrogens (tertiary/aromatic N) is 3. The lowest BCUT2D eigenvalue weighted by Gasteiger charge is -2.30. The summed E-state index contributed by atoms with van der Waals surface area (Å²) in [6.45, 7) is 1.24. The van der Waals surface area contributed by atoms with Gasteiger partial charge in [0, 0.05) is 18.0 Å². The SMILES string of the molecule is COc1ccc(C2(CCn3cncn3)OCc3cc(Cl)ccc32)cc1. The Morgan fingerprint density at radius 3 is 2.80 bits per heavy atom. The van der Waals surface area contributed by atoms with Crippen molar-refractivity contribution in [1.82, 2.24) is 14.8 Å². The van der Waals surface area contributed by atoms with Crippen LogP contribution < -0.4 is 4.74 Å². The number of rotatable bonds is 5. The van der Waals surface area contributed by atoms with Crippen molar-refractivity contribution < 1.29 is 9.47 Å². The zero-order chi connectivity index (χ0) is 17.3. The Kier molecular flexibility index (Phi) is 4.19. The van der Waals surface area contributed by atoms with E-state index in [1.807, 2.05) is 28.9 Å². The van der Waals surface area contributed by atoms with Crippen LogP contribution in [0, 0.1) is 0 Å². The van der Waals surface area contributed by atoms with Crippen molar-refractivity contribution in [2.75, 3.05) is 7.11 Å². The zero-order valence-corrected chi connectivity index (χ0v) is 14.6. The molecule has 1 aliphatic rings. The summed E-state index contributed by atoms with van der Waals surface area (Å²) in [5.74, 6) is 0.824. The van der Waals surface area contributed by atoms with Crippen LogP contribution >= 0.6 is 11.6 Å². The highest BCUT2D eigenvalue weighted by Crippen LogP contribution is 2.45. The van der Waals surface area contributed by atoms with Gasteiger partial charge in [0.15, 0.2) is 0 Å². The lowest BCUT2D eigenvalue weighted by molar-refractivity contribution is -0.0152. The monoisotopic (exact) mass is 355 g/mol. The summed E-state index contributed by atoms with van der Waals surface area (Å²) in [7, 11) is 1.67. The average molecular weight is 356 g/mol. The molecule has 6 heteroatoms. The fraction of sp³-hybridized carbons (Fsp3) is 0.263. The number of benzene rings is 2. The van der Waals surface area contributed by atoms with E-state index in [9.17, 15) is 0 Å². The predicted molar refractivity (Wildman–Crippen MR) is 94.7 cm³/mol. The second kappa shape index (κ2) is 6.50. The maximum absolute atomic E-state index is 6.36. The minimum Gasteiger partial charge on any atom is -0.497 e. The Morgan fingerprint density at radius 1 is 1.24 bits per heavy atom. The summed E-state index contributed by atoms with van der Waals surface area (Å²) in [6, 6.07) is 14.0. The highest BCUT2D eigenvalue weighted by Gasteiger charge is 2.41. The Morgan fingerprint density at radius 2 is 2.08 bits per heavy atom. The minimum absolute atomic E-state index is 0.530. The molecule has 2 aromatic carbocycles. The van der Waals surface area contributed by atoms with Gasteiger partial charge < -0.3 is 9.47 Å². The smallest absolute Gasteiger partial charge is 0.137 e. The van der Waals surface area contributed by atoms with Crippen molar-refractivity contribution >= 4 is 11.6 Å². The van der Waals surface area contributed by atoms with Gasteiger partial charge in [0.1, 0.15) is 24.0 Å². The van der Waals surface area contributed by atoms with Crippen LogP contribution in [0.25, 0.3) is 0 Å². The van der Waals surface area contributed by atoms with Gasteiger partial charge >= 0.3 is 0 Å². The van der Waals surface area contributed by atoms with E-state index in [0.717, 1.165) is 33.9 Å². The fourth-order valence-corrected chi connectivity index (χ4v) is 3.62. The second-order valence-electron chi connectivity index (χ2n) is 6.05. The standard InChI is InChI=1S/C19H18ClN3O2/c1-24-17-5-2-15(3-6-17)19(8-9-23-13-21-12-22-23)18-7-4-16(20)10-14(18)11-25-19/h2-7,10,12-13H,8-9,11H2,1H3. The number of hydrogen-bond acceptors (Lipinski definition) is 4. The molecule has 1 atom stereocenters. The molecule has 4 rings (SSSR count). The largest absolute Gasteiger partial charge is 0.497 e. The fourth-order valence-electron chi connectivity index (χ4n) is 3.42. The second-order valence-corrected chi connectivity index (χ2v) is 6.49. The Balaban J connectivity index is 1.76. The van der Waals surface area contributed by atoms with Gasteiger partial charge in [0.2, 0.25) is 0 Å². The molecule has 0 spiro atoms. The van der Waals surface area contributed by atoms with E-state index < -0.39 is 5.60 Å². The molecule has 0 saturated carbocycles. The van der Waals surface area contributed by atoms with E-state index in [1.54, 1.807) is 19.8 Å². The molecule has 0 bridgehead atoms. The predicted octanol–water partition coefficient (Wildman–Crippen LogP) is 3.80. The van der Waals surface area contributed by atoms with E-state index in [0.29, 0.717) is 13.2 Å². The molecule has 0 saturated heterocycles. The molecule has 1 unspecified atom stereocenters. The molecule has 0 radical (unpaired) electrons. The molecule has 1 aliphatic heterocycles. The Hall–Kier alpha value is -2.37. The van der Waals surface area contributed by atoms with Crippen molar-refractivity contribution in [3.63, 3.8) is 0 Å². The molecule has 25 heavy (non-hydrogen) atoms. The van der Waals surface area contributed by atoms with Crippen LogP contribution in [-0.2, 0) is 23.5 Å². The van der Waals surface area contributed by atoms with Crippen LogP contribution in [0.5, 0.6) is 5.75 Å². The summed E-state index contributed by atoms with van der Waals surface area (Å²) in [4.78, 5) is 4.02. The van der Waals surface area contributed by atoms with Gasteiger partial charge in [0.05, 0.1) is 13.7 Å². The molecule has 0 aliphatic carbocycles.